The van der Waals surface area contributed by atoms with Gasteiger partial charge in [-0.2, -0.15) is 0 Å². The molecule has 0 aromatic heterocycles. The molecule has 0 N–H and O–H groups in total. The molecule has 0 spiro atoms. The molecule has 14 heavy (non-hydrogen) atoms. The van der Waals surface area contributed by atoms with Crippen molar-refractivity contribution in [2.24, 2.45) is 0 Å². The van der Waals surface area contributed by atoms with E-state index in [0.717, 1.165) is 16.9 Å². The fourth-order valence-corrected chi connectivity index (χ4v) is 2.21. The van der Waals surface area contributed by atoms with Crippen molar-refractivity contribution in [2.75, 3.05) is 0 Å². The van der Waals surface area contributed by atoms with Gasteiger partial charge in [0.2, 0.25) is 0 Å². The largest absolute Gasteiger partial charge is 0.520 e. The summed E-state index contributed by atoms with van der Waals surface area (Å²) < 4.78 is 5.40. The number of halogens is 2. The van der Waals surface area contributed by atoms with Gasteiger partial charge < -0.3 is 4.43 Å². The van der Waals surface area contributed by atoms with Crippen molar-refractivity contribution >= 4 is 35.9 Å². The Bertz CT molecular complexity index is 337. The van der Waals surface area contributed by atoms with Crippen molar-refractivity contribution in [1.82, 2.24) is 0 Å². The molecule has 0 fully saturated rings. The Morgan fingerprint density at radius 3 is 2.64 bits per heavy atom. The van der Waals surface area contributed by atoms with Crippen molar-refractivity contribution in [3.63, 3.8) is 0 Å². The lowest BCUT2D eigenvalue weighted by Crippen LogP contribution is -2.06. The molecular formula is C10H12Cl2OSi. The molecule has 76 valence electrons. The van der Waals surface area contributed by atoms with Crippen LogP contribution in [0.25, 0.3) is 6.08 Å². The van der Waals surface area contributed by atoms with Crippen LogP contribution in [0.4, 0.5) is 0 Å². The van der Waals surface area contributed by atoms with Gasteiger partial charge in [-0.15, -0.1) is 22.2 Å². The van der Waals surface area contributed by atoms with E-state index in [1.54, 1.807) is 0 Å². The lowest BCUT2D eigenvalue weighted by Gasteiger charge is -2.11. The highest BCUT2D eigenvalue weighted by atomic mass is 35.7. The summed E-state index contributed by atoms with van der Waals surface area (Å²) in [5.74, 6) is 0.768. The van der Waals surface area contributed by atoms with E-state index in [2.05, 4.69) is 0 Å². The van der Waals surface area contributed by atoms with Crippen LogP contribution >= 0.6 is 22.2 Å². The Morgan fingerprint density at radius 2 is 2.07 bits per heavy atom. The van der Waals surface area contributed by atoms with E-state index in [4.69, 9.17) is 26.6 Å². The molecule has 0 heterocycles. The molecule has 1 aromatic carbocycles. The number of hydrogen-bond acceptors (Lipinski definition) is 1. The summed E-state index contributed by atoms with van der Waals surface area (Å²) in [5.41, 5.74) is 2.21. The van der Waals surface area contributed by atoms with Gasteiger partial charge in [-0.1, -0.05) is 24.3 Å². The predicted molar refractivity (Wildman–Crippen MR) is 65.4 cm³/mol. The van der Waals surface area contributed by atoms with Gasteiger partial charge in [0.1, 0.15) is 5.75 Å². The average Bonchev–Trinajstić information content (AvgIpc) is 2.10. The first-order valence-corrected chi connectivity index (χ1v) is 8.28. The van der Waals surface area contributed by atoms with Crippen LogP contribution in [0.2, 0.25) is 0 Å². The van der Waals surface area contributed by atoms with E-state index >= 15 is 0 Å². The van der Waals surface area contributed by atoms with Crippen molar-refractivity contribution in [2.45, 2.75) is 13.8 Å². The van der Waals surface area contributed by atoms with Crippen molar-refractivity contribution in [3.05, 3.63) is 35.4 Å². The van der Waals surface area contributed by atoms with E-state index in [1.807, 2.05) is 44.2 Å². The molecular weight excluding hydrogens is 235 g/mol. The monoisotopic (exact) mass is 246 g/mol. The zero-order valence-corrected chi connectivity index (χ0v) is 10.8. The highest BCUT2D eigenvalue weighted by molar-refractivity contribution is 7.31. The van der Waals surface area contributed by atoms with Gasteiger partial charge in [0.15, 0.2) is 0 Å². The Morgan fingerprint density at radius 1 is 1.36 bits per heavy atom. The summed E-state index contributed by atoms with van der Waals surface area (Å²) in [5, 5.41) is 0. The minimum atomic E-state index is -2.06. The van der Waals surface area contributed by atoms with E-state index in [-0.39, 0.29) is 0 Å². The van der Waals surface area contributed by atoms with Crippen LogP contribution in [0.15, 0.2) is 24.3 Å². The van der Waals surface area contributed by atoms with E-state index in [1.165, 1.54) is 0 Å². The first-order valence-electron chi connectivity index (χ1n) is 4.32. The minimum absolute atomic E-state index is 0.768. The fourth-order valence-electron chi connectivity index (χ4n) is 1.23. The van der Waals surface area contributed by atoms with Gasteiger partial charge in [-0.3, -0.25) is 0 Å². The zero-order chi connectivity index (χ0) is 10.6. The molecule has 0 saturated heterocycles. The van der Waals surface area contributed by atoms with Crippen molar-refractivity contribution in [1.29, 1.82) is 0 Å². The van der Waals surface area contributed by atoms with Crippen LogP contribution in [0.1, 0.15) is 18.1 Å². The summed E-state index contributed by atoms with van der Waals surface area (Å²) in [6, 6.07) is 5.84. The topological polar surface area (TPSA) is 9.23 Å². The van der Waals surface area contributed by atoms with Gasteiger partial charge in [0, 0.05) is 5.56 Å². The third-order valence-corrected chi connectivity index (χ3v) is 2.80. The van der Waals surface area contributed by atoms with Crippen LogP contribution in [-0.4, -0.2) is 7.66 Å². The molecule has 1 nitrogen and oxygen atoms in total. The lowest BCUT2D eigenvalue weighted by atomic mass is 10.1. The molecule has 0 unspecified atom stereocenters. The SMILES string of the molecule is CC=Cc1c(C)cccc1O[SiH](Cl)Cl. The molecule has 4 heteroatoms. The van der Waals surface area contributed by atoms with Crippen LogP contribution < -0.4 is 4.43 Å². The zero-order valence-electron chi connectivity index (χ0n) is 8.13. The van der Waals surface area contributed by atoms with E-state index in [9.17, 15) is 0 Å². The Kier molecular flexibility index (Phi) is 4.52. The maximum absolute atomic E-state index is 5.69. The van der Waals surface area contributed by atoms with Gasteiger partial charge in [0.25, 0.3) is 0 Å². The van der Waals surface area contributed by atoms with Crippen LogP contribution in [0, 0.1) is 6.92 Å². The number of rotatable bonds is 3. The number of allylic oxidation sites excluding steroid dienone is 1. The molecule has 0 aliphatic carbocycles. The summed E-state index contributed by atoms with van der Waals surface area (Å²) in [6.45, 7) is 3.99. The average molecular weight is 247 g/mol. The standard InChI is InChI=1S/C10H12Cl2OSi/c1-3-5-9-8(2)6-4-7-10(9)13-14(11)12/h3-7,14H,1-2H3. The van der Waals surface area contributed by atoms with Gasteiger partial charge >= 0.3 is 7.66 Å². The van der Waals surface area contributed by atoms with Crippen LogP contribution in [0.5, 0.6) is 5.75 Å². The maximum atomic E-state index is 5.69. The highest BCUT2D eigenvalue weighted by Crippen LogP contribution is 2.25. The summed E-state index contributed by atoms with van der Waals surface area (Å²) in [7, 11) is -2.06. The molecule has 0 amide bonds. The summed E-state index contributed by atoms with van der Waals surface area (Å²) in [6.07, 6.45) is 3.96. The van der Waals surface area contributed by atoms with Crippen LogP contribution in [0.3, 0.4) is 0 Å². The molecule has 0 atom stereocenters. The smallest absolute Gasteiger partial charge is 0.433 e. The highest BCUT2D eigenvalue weighted by Gasteiger charge is 2.08. The molecule has 1 rings (SSSR count). The minimum Gasteiger partial charge on any atom is -0.520 e. The Labute approximate surface area is 95.4 Å². The van der Waals surface area contributed by atoms with Gasteiger partial charge in [0.05, 0.1) is 0 Å². The third-order valence-electron chi connectivity index (χ3n) is 1.83. The van der Waals surface area contributed by atoms with Gasteiger partial charge in [-0.05, 0) is 25.5 Å². The Balaban J connectivity index is 3.07. The molecule has 0 aliphatic heterocycles. The van der Waals surface area contributed by atoms with Crippen molar-refractivity contribution in [3.8, 4) is 5.75 Å². The van der Waals surface area contributed by atoms with Crippen molar-refractivity contribution < 1.29 is 4.43 Å². The number of hydrogen-bond donors (Lipinski definition) is 0. The number of benzene rings is 1. The van der Waals surface area contributed by atoms with Gasteiger partial charge in [-0.25, -0.2) is 0 Å². The maximum Gasteiger partial charge on any atom is 0.433 e. The summed E-state index contributed by atoms with van der Waals surface area (Å²) in [4.78, 5) is 0. The predicted octanol–water partition coefficient (Wildman–Crippen LogP) is 3.60. The van der Waals surface area contributed by atoms with E-state index < -0.39 is 7.66 Å². The fraction of sp³-hybridized carbons (Fsp3) is 0.200. The molecule has 1 aromatic rings. The Hall–Kier alpha value is -0.443. The number of aryl methyl sites for hydroxylation is 1. The summed E-state index contributed by atoms with van der Waals surface area (Å²) >= 11 is 11.4. The molecule has 0 bridgehead atoms. The second kappa shape index (κ2) is 5.44. The first-order chi connectivity index (χ1) is 6.65. The normalized spacial score (nSPS) is 11.2. The van der Waals surface area contributed by atoms with Crippen LogP contribution in [-0.2, 0) is 0 Å². The first kappa shape index (κ1) is 11.6. The lowest BCUT2D eigenvalue weighted by molar-refractivity contribution is 0.601. The second-order valence-electron chi connectivity index (χ2n) is 2.87. The molecule has 0 aliphatic rings. The van der Waals surface area contributed by atoms with E-state index in [0.29, 0.717) is 0 Å². The second-order valence-corrected chi connectivity index (χ2v) is 6.67. The quantitative estimate of drug-likeness (QED) is 0.585. The third kappa shape index (κ3) is 3.05. The molecule has 0 radical (unpaired) electrons. The molecule has 0 saturated carbocycles.